The number of benzene rings is 1. The highest BCUT2D eigenvalue weighted by molar-refractivity contribution is 5.37. The van der Waals surface area contributed by atoms with Gasteiger partial charge in [0.1, 0.15) is 17.7 Å². The van der Waals surface area contributed by atoms with Gasteiger partial charge in [0.05, 0.1) is 0 Å². The SMILES string of the molecule is OCC1(CC2Cc3cc(F)ccc3O2)CCNCC1. The van der Waals surface area contributed by atoms with Crippen LogP contribution in [0, 0.1) is 11.2 Å². The fraction of sp³-hybridized carbons (Fsp3) is 0.600. The van der Waals surface area contributed by atoms with Crippen molar-refractivity contribution in [2.45, 2.75) is 31.8 Å². The topological polar surface area (TPSA) is 41.5 Å². The van der Waals surface area contributed by atoms with Crippen LogP contribution in [-0.4, -0.2) is 30.9 Å². The van der Waals surface area contributed by atoms with Crippen LogP contribution in [0.2, 0.25) is 0 Å². The molecule has 3 nitrogen and oxygen atoms in total. The maximum absolute atomic E-state index is 13.2. The Bertz CT molecular complexity index is 457. The van der Waals surface area contributed by atoms with Crippen molar-refractivity contribution in [1.82, 2.24) is 5.32 Å². The second kappa shape index (κ2) is 5.10. The number of nitrogens with one attached hydrogen (secondary N) is 1. The molecule has 1 saturated heterocycles. The minimum absolute atomic E-state index is 0.0312. The van der Waals surface area contributed by atoms with E-state index in [9.17, 15) is 9.50 Å². The monoisotopic (exact) mass is 265 g/mol. The number of halogens is 1. The molecule has 2 N–H and O–H groups in total. The van der Waals surface area contributed by atoms with E-state index in [0.717, 1.165) is 50.1 Å². The van der Waals surface area contributed by atoms with Gasteiger partial charge in [0.2, 0.25) is 0 Å². The zero-order chi connectivity index (χ0) is 13.3. The first-order valence-corrected chi connectivity index (χ1v) is 6.97. The molecule has 104 valence electrons. The fourth-order valence-electron chi connectivity index (χ4n) is 3.27. The summed E-state index contributed by atoms with van der Waals surface area (Å²) in [4.78, 5) is 0. The molecule has 1 fully saturated rings. The maximum Gasteiger partial charge on any atom is 0.123 e. The van der Waals surface area contributed by atoms with Gasteiger partial charge in [-0.15, -0.1) is 0 Å². The first kappa shape index (κ1) is 12.9. The van der Waals surface area contributed by atoms with Gasteiger partial charge in [0.25, 0.3) is 0 Å². The summed E-state index contributed by atoms with van der Waals surface area (Å²) >= 11 is 0. The molecule has 3 rings (SSSR count). The largest absolute Gasteiger partial charge is 0.490 e. The van der Waals surface area contributed by atoms with Gasteiger partial charge in [-0.25, -0.2) is 4.39 Å². The van der Waals surface area contributed by atoms with E-state index < -0.39 is 0 Å². The highest BCUT2D eigenvalue weighted by Gasteiger charge is 2.36. The van der Waals surface area contributed by atoms with Crippen molar-refractivity contribution >= 4 is 0 Å². The normalized spacial score (nSPS) is 24.8. The van der Waals surface area contributed by atoms with Crippen LogP contribution in [0.3, 0.4) is 0 Å². The molecule has 0 spiro atoms. The predicted octanol–water partition coefficient (Wildman–Crippen LogP) is 1.88. The van der Waals surface area contributed by atoms with Crippen LogP contribution in [0.1, 0.15) is 24.8 Å². The van der Waals surface area contributed by atoms with Crippen LogP contribution in [-0.2, 0) is 6.42 Å². The van der Waals surface area contributed by atoms with Gasteiger partial charge in [-0.2, -0.15) is 0 Å². The Kier molecular flexibility index (Phi) is 3.46. The summed E-state index contributed by atoms with van der Waals surface area (Å²) < 4.78 is 19.1. The molecule has 2 heterocycles. The molecule has 2 aliphatic rings. The summed E-state index contributed by atoms with van der Waals surface area (Å²) in [6.45, 7) is 2.11. The van der Waals surface area contributed by atoms with Crippen molar-refractivity contribution < 1.29 is 14.2 Å². The highest BCUT2D eigenvalue weighted by Crippen LogP contribution is 2.39. The Morgan fingerprint density at radius 2 is 2.16 bits per heavy atom. The van der Waals surface area contributed by atoms with Crippen molar-refractivity contribution in [3.05, 3.63) is 29.6 Å². The lowest BCUT2D eigenvalue weighted by molar-refractivity contribution is 0.0426. The molecule has 0 aliphatic carbocycles. The minimum atomic E-state index is -0.207. The van der Waals surface area contributed by atoms with E-state index in [1.54, 1.807) is 12.1 Å². The lowest BCUT2D eigenvalue weighted by Gasteiger charge is -2.37. The van der Waals surface area contributed by atoms with Crippen LogP contribution in [0.5, 0.6) is 5.75 Å². The van der Waals surface area contributed by atoms with Gasteiger partial charge < -0.3 is 15.2 Å². The Morgan fingerprint density at radius 3 is 2.89 bits per heavy atom. The fourth-order valence-corrected chi connectivity index (χ4v) is 3.27. The van der Waals surface area contributed by atoms with Crippen molar-refractivity contribution in [3.63, 3.8) is 0 Å². The lowest BCUT2D eigenvalue weighted by Crippen LogP contribution is -2.42. The first-order valence-electron chi connectivity index (χ1n) is 6.97. The van der Waals surface area contributed by atoms with E-state index in [4.69, 9.17) is 4.74 Å². The summed E-state index contributed by atoms with van der Waals surface area (Å²) in [6.07, 6.45) is 3.63. The summed E-state index contributed by atoms with van der Waals surface area (Å²) in [5, 5.41) is 13.0. The Balaban J connectivity index is 1.69. The van der Waals surface area contributed by atoms with Gasteiger partial charge in [-0.1, -0.05) is 0 Å². The van der Waals surface area contributed by atoms with Crippen LogP contribution in [0.4, 0.5) is 4.39 Å². The third kappa shape index (κ3) is 2.60. The summed E-state index contributed by atoms with van der Waals surface area (Å²) in [6, 6.07) is 4.70. The summed E-state index contributed by atoms with van der Waals surface area (Å²) in [7, 11) is 0. The second-order valence-electron chi connectivity index (χ2n) is 5.81. The number of hydrogen-bond acceptors (Lipinski definition) is 3. The van der Waals surface area contributed by atoms with Crippen LogP contribution < -0.4 is 10.1 Å². The highest BCUT2D eigenvalue weighted by atomic mass is 19.1. The summed E-state index contributed by atoms with van der Waals surface area (Å²) in [5.74, 6) is 0.593. The number of rotatable bonds is 3. The molecule has 19 heavy (non-hydrogen) atoms. The zero-order valence-electron chi connectivity index (χ0n) is 11.0. The van der Waals surface area contributed by atoms with Gasteiger partial charge in [-0.3, -0.25) is 0 Å². The number of aliphatic hydroxyl groups excluding tert-OH is 1. The Morgan fingerprint density at radius 1 is 1.37 bits per heavy atom. The van der Waals surface area contributed by atoms with Crippen molar-refractivity contribution in [3.8, 4) is 5.75 Å². The molecular formula is C15H20FNO2. The number of fused-ring (bicyclic) bond motifs is 1. The van der Waals surface area contributed by atoms with Crippen LogP contribution in [0.25, 0.3) is 0 Å². The molecule has 0 radical (unpaired) electrons. The Labute approximate surface area is 112 Å². The molecule has 1 atom stereocenters. The molecule has 0 bridgehead atoms. The van der Waals surface area contributed by atoms with Gasteiger partial charge in [0, 0.05) is 18.6 Å². The van der Waals surface area contributed by atoms with Crippen molar-refractivity contribution in [2.75, 3.05) is 19.7 Å². The van der Waals surface area contributed by atoms with Gasteiger partial charge in [0.15, 0.2) is 0 Å². The van der Waals surface area contributed by atoms with E-state index in [2.05, 4.69) is 5.32 Å². The number of ether oxygens (including phenoxy) is 1. The zero-order valence-corrected chi connectivity index (χ0v) is 11.0. The average Bonchev–Trinajstić information content (AvgIpc) is 2.81. The van der Waals surface area contributed by atoms with Crippen LogP contribution >= 0.6 is 0 Å². The number of piperidine rings is 1. The molecule has 0 amide bonds. The molecule has 1 aromatic carbocycles. The van der Waals surface area contributed by atoms with E-state index in [1.807, 2.05) is 0 Å². The van der Waals surface area contributed by atoms with Crippen molar-refractivity contribution in [1.29, 1.82) is 0 Å². The first-order chi connectivity index (χ1) is 9.21. The molecule has 4 heteroatoms. The third-order valence-electron chi connectivity index (χ3n) is 4.42. The van der Waals surface area contributed by atoms with Gasteiger partial charge in [-0.05, 0) is 56.0 Å². The van der Waals surface area contributed by atoms with Crippen molar-refractivity contribution in [2.24, 2.45) is 5.41 Å². The average molecular weight is 265 g/mol. The minimum Gasteiger partial charge on any atom is -0.490 e. The van der Waals surface area contributed by atoms with Gasteiger partial charge >= 0.3 is 0 Å². The molecular weight excluding hydrogens is 245 g/mol. The van der Waals surface area contributed by atoms with E-state index in [0.29, 0.717) is 0 Å². The van der Waals surface area contributed by atoms with E-state index >= 15 is 0 Å². The third-order valence-corrected chi connectivity index (χ3v) is 4.42. The smallest absolute Gasteiger partial charge is 0.123 e. The predicted molar refractivity (Wildman–Crippen MR) is 70.8 cm³/mol. The second-order valence-corrected chi connectivity index (χ2v) is 5.81. The summed E-state index contributed by atoms with van der Waals surface area (Å²) in [5.41, 5.74) is 0.920. The molecule has 1 aromatic rings. The maximum atomic E-state index is 13.2. The quantitative estimate of drug-likeness (QED) is 0.877. The standard InChI is InChI=1S/C15H20FNO2/c16-12-1-2-14-11(7-12)8-13(19-14)9-15(10-18)3-5-17-6-4-15/h1-2,7,13,17-18H,3-6,8-10H2. The van der Waals surface area contributed by atoms with Crippen LogP contribution in [0.15, 0.2) is 18.2 Å². The molecule has 0 aromatic heterocycles. The molecule has 2 aliphatic heterocycles. The number of aliphatic hydroxyl groups is 1. The molecule has 0 saturated carbocycles. The lowest BCUT2D eigenvalue weighted by atomic mass is 9.75. The van der Waals surface area contributed by atoms with E-state index in [1.165, 1.54) is 6.07 Å². The Hall–Kier alpha value is -1.13. The number of hydrogen-bond donors (Lipinski definition) is 2. The van der Waals surface area contributed by atoms with E-state index in [-0.39, 0.29) is 23.9 Å². The molecule has 1 unspecified atom stereocenters.